The normalized spacial score (nSPS) is 12.1. The van der Waals surface area contributed by atoms with E-state index in [-0.39, 0.29) is 10.8 Å². The fourth-order valence-electron chi connectivity index (χ4n) is 3.60. The Labute approximate surface area is 200 Å². The molecule has 0 saturated carbocycles. The van der Waals surface area contributed by atoms with Gasteiger partial charge in [-0.25, -0.2) is 13.4 Å². The SMILES string of the molecule is CCN(CC)S(=O)(=O)c1ccc(C(=O)N(CCCN(C)C)c2nc3ccc(C)cc3s2)cc1. The maximum atomic E-state index is 13.5. The molecule has 9 heteroatoms. The molecule has 7 nitrogen and oxygen atoms in total. The topological polar surface area (TPSA) is 73.8 Å². The van der Waals surface area contributed by atoms with E-state index in [1.165, 1.54) is 27.8 Å². The van der Waals surface area contributed by atoms with Crippen LogP contribution in [0.1, 0.15) is 36.2 Å². The number of fused-ring (bicyclic) bond motifs is 1. The smallest absolute Gasteiger partial charge is 0.260 e. The van der Waals surface area contributed by atoms with E-state index in [4.69, 9.17) is 4.98 Å². The molecule has 0 fully saturated rings. The van der Waals surface area contributed by atoms with Crippen LogP contribution < -0.4 is 4.90 Å². The zero-order valence-electron chi connectivity index (χ0n) is 19.9. The summed E-state index contributed by atoms with van der Waals surface area (Å²) in [6, 6.07) is 12.3. The molecule has 3 rings (SSSR count). The molecule has 1 amide bonds. The van der Waals surface area contributed by atoms with Gasteiger partial charge in [0.1, 0.15) is 0 Å². The second kappa shape index (κ2) is 10.7. The third-order valence-electron chi connectivity index (χ3n) is 5.44. The van der Waals surface area contributed by atoms with E-state index in [1.807, 2.05) is 47.0 Å². The van der Waals surface area contributed by atoms with Gasteiger partial charge in [-0.1, -0.05) is 31.3 Å². The van der Waals surface area contributed by atoms with E-state index in [0.717, 1.165) is 28.7 Å². The van der Waals surface area contributed by atoms with Crippen molar-refractivity contribution >= 4 is 42.6 Å². The lowest BCUT2D eigenvalue weighted by Crippen LogP contribution is -2.33. The Morgan fingerprint density at radius 3 is 2.27 bits per heavy atom. The number of rotatable bonds is 10. The van der Waals surface area contributed by atoms with Crippen LogP contribution in [0.15, 0.2) is 47.4 Å². The number of sulfonamides is 1. The number of anilines is 1. The van der Waals surface area contributed by atoms with E-state index in [1.54, 1.807) is 17.0 Å². The monoisotopic (exact) mass is 488 g/mol. The number of carbonyl (C=O) groups is 1. The second-order valence-corrected chi connectivity index (χ2v) is 11.1. The van der Waals surface area contributed by atoms with Crippen molar-refractivity contribution in [2.24, 2.45) is 0 Å². The highest BCUT2D eigenvalue weighted by molar-refractivity contribution is 7.89. The Balaban J connectivity index is 1.92. The van der Waals surface area contributed by atoms with Gasteiger partial charge < -0.3 is 4.90 Å². The van der Waals surface area contributed by atoms with E-state index in [9.17, 15) is 13.2 Å². The molecule has 0 aliphatic carbocycles. The van der Waals surface area contributed by atoms with Crippen molar-refractivity contribution in [2.45, 2.75) is 32.1 Å². The van der Waals surface area contributed by atoms with Crippen LogP contribution in [0.5, 0.6) is 0 Å². The molecule has 2 aromatic carbocycles. The van der Waals surface area contributed by atoms with Gasteiger partial charge in [-0.2, -0.15) is 4.31 Å². The third-order valence-corrected chi connectivity index (χ3v) is 8.55. The molecule has 0 N–H and O–H groups in total. The summed E-state index contributed by atoms with van der Waals surface area (Å²) in [6.45, 7) is 7.82. The van der Waals surface area contributed by atoms with Crippen molar-refractivity contribution in [2.75, 3.05) is 45.2 Å². The van der Waals surface area contributed by atoms with Crippen LogP contribution in [-0.2, 0) is 10.0 Å². The van der Waals surface area contributed by atoms with Crippen molar-refractivity contribution < 1.29 is 13.2 Å². The molecule has 0 aliphatic rings. The van der Waals surface area contributed by atoms with Gasteiger partial charge in [0, 0.05) is 25.2 Å². The Morgan fingerprint density at radius 1 is 1.00 bits per heavy atom. The highest BCUT2D eigenvalue weighted by Crippen LogP contribution is 2.31. The minimum Gasteiger partial charge on any atom is -0.309 e. The lowest BCUT2D eigenvalue weighted by Gasteiger charge is -2.22. The number of amides is 1. The predicted molar refractivity (Wildman–Crippen MR) is 136 cm³/mol. The van der Waals surface area contributed by atoms with Gasteiger partial charge in [0.15, 0.2) is 5.13 Å². The maximum absolute atomic E-state index is 13.5. The van der Waals surface area contributed by atoms with Crippen molar-refractivity contribution in [1.29, 1.82) is 0 Å². The lowest BCUT2D eigenvalue weighted by atomic mass is 10.2. The van der Waals surface area contributed by atoms with Crippen LogP contribution in [0.2, 0.25) is 0 Å². The summed E-state index contributed by atoms with van der Waals surface area (Å²) in [4.78, 5) is 22.2. The number of thiazole rings is 1. The number of nitrogens with zero attached hydrogens (tertiary/aromatic N) is 4. The largest absolute Gasteiger partial charge is 0.309 e. The minimum atomic E-state index is -3.57. The zero-order valence-corrected chi connectivity index (χ0v) is 21.5. The second-order valence-electron chi connectivity index (χ2n) is 8.19. The van der Waals surface area contributed by atoms with Crippen LogP contribution in [-0.4, -0.2) is 68.8 Å². The highest BCUT2D eigenvalue weighted by Gasteiger charge is 2.24. The number of hydrogen-bond donors (Lipinski definition) is 0. The number of aryl methyl sites for hydroxylation is 1. The molecule has 33 heavy (non-hydrogen) atoms. The Morgan fingerprint density at radius 2 is 1.67 bits per heavy atom. The lowest BCUT2D eigenvalue weighted by molar-refractivity contribution is 0.0986. The van der Waals surface area contributed by atoms with Crippen LogP contribution in [0.25, 0.3) is 10.2 Å². The number of benzene rings is 2. The summed E-state index contributed by atoms with van der Waals surface area (Å²) in [6.07, 6.45) is 0.794. The summed E-state index contributed by atoms with van der Waals surface area (Å²) in [5, 5.41) is 0.652. The Kier molecular flexibility index (Phi) is 8.23. The Bertz CT molecular complexity index is 1200. The molecule has 0 bridgehead atoms. The zero-order chi connectivity index (χ0) is 24.2. The van der Waals surface area contributed by atoms with Gasteiger partial charge in [0.05, 0.1) is 15.1 Å². The molecule has 0 spiro atoms. The van der Waals surface area contributed by atoms with Gasteiger partial charge in [0.2, 0.25) is 10.0 Å². The van der Waals surface area contributed by atoms with Crippen molar-refractivity contribution in [3.05, 3.63) is 53.6 Å². The van der Waals surface area contributed by atoms with Crippen LogP contribution >= 0.6 is 11.3 Å². The minimum absolute atomic E-state index is 0.184. The molecular formula is C24H32N4O3S2. The first-order chi connectivity index (χ1) is 15.7. The quantitative estimate of drug-likeness (QED) is 0.427. The first-order valence-corrected chi connectivity index (χ1v) is 13.4. The molecule has 1 aromatic heterocycles. The van der Waals surface area contributed by atoms with Crippen LogP contribution in [0, 0.1) is 6.92 Å². The first-order valence-electron chi connectivity index (χ1n) is 11.1. The van der Waals surface area contributed by atoms with E-state index >= 15 is 0 Å². The molecule has 0 unspecified atom stereocenters. The maximum Gasteiger partial charge on any atom is 0.260 e. The van der Waals surface area contributed by atoms with Crippen molar-refractivity contribution in [3.8, 4) is 0 Å². The fourth-order valence-corrected chi connectivity index (χ4v) is 6.15. The average molecular weight is 489 g/mol. The Hall–Kier alpha value is -2.33. The van der Waals surface area contributed by atoms with Gasteiger partial charge >= 0.3 is 0 Å². The molecule has 3 aromatic rings. The number of carbonyl (C=O) groups excluding carboxylic acids is 1. The molecule has 178 valence electrons. The van der Waals surface area contributed by atoms with Gasteiger partial charge in [0.25, 0.3) is 5.91 Å². The number of aromatic nitrogens is 1. The molecular weight excluding hydrogens is 456 g/mol. The van der Waals surface area contributed by atoms with Gasteiger partial charge in [-0.05, 0) is 75.9 Å². The molecule has 0 radical (unpaired) electrons. The fraction of sp³-hybridized carbons (Fsp3) is 0.417. The van der Waals surface area contributed by atoms with Crippen molar-refractivity contribution in [1.82, 2.24) is 14.2 Å². The highest BCUT2D eigenvalue weighted by atomic mass is 32.2. The summed E-state index contributed by atoms with van der Waals surface area (Å²) in [7, 11) is 0.435. The molecule has 0 atom stereocenters. The van der Waals surface area contributed by atoms with Crippen LogP contribution in [0.4, 0.5) is 5.13 Å². The molecule has 1 heterocycles. The van der Waals surface area contributed by atoms with Crippen LogP contribution in [0.3, 0.4) is 0 Å². The van der Waals surface area contributed by atoms with E-state index < -0.39 is 10.0 Å². The van der Waals surface area contributed by atoms with Crippen molar-refractivity contribution in [3.63, 3.8) is 0 Å². The average Bonchev–Trinajstić information content (AvgIpc) is 3.19. The summed E-state index contributed by atoms with van der Waals surface area (Å²) in [5.41, 5.74) is 2.45. The summed E-state index contributed by atoms with van der Waals surface area (Å²) < 4.78 is 28.0. The summed E-state index contributed by atoms with van der Waals surface area (Å²) in [5.74, 6) is -0.184. The first kappa shape index (κ1) is 25.3. The molecule has 0 saturated heterocycles. The predicted octanol–water partition coefficient (Wildman–Crippen LogP) is 4.23. The van der Waals surface area contributed by atoms with E-state index in [2.05, 4.69) is 11.0 Å². The molecule has 0 aliphatic heterocycles. The standard InChI is InChI=1S/C24H32N4O3S2/c1-6-27(7-2)33(30,31)20-12-10-19(11-13-20)23(29)28(16-8-15-26(4)5)24-25-21-14-9-18(3)17-22(21)32-24/h9-14,17H,6-8,15-16H2,1-5H3. The van der Waals surface area contributed by atoms with E-state index in [0.29, 0.717) is 30.3 Å². The van der Waals surface area contributed by atoms with Gasteiger partial charge in [-0.3, -0.25) is 9.69 Å². The van der Waals surface area contributed by atoms with Gasteiger partial charge in [-0.15, -0.1) is 0 Å². The third kappa shape index (κ3) is 5.78. The summed E-state index contributed by atoms with van der Waals surface area (Å²) >= 11 is 1.50. The number of hydrogen-bond acceptors (Lipinski definition) is 6.